The average Bonchev–Trinajstić information content (AvgIpc) is 2.38. The maximum Gasteiger partial charge on any atom is 0.417 e. The molecule has 0 bridgehead atoms. The minimum atomic E-state index is -4.36. The standard InChI is InChI=1S/C14H13F3N2S/c1-9(18)11-4-2-3-5-12(11)20-13-7-6-10(8-19-13)14(15,16)17/h2-9H,18H2,1H3/t9-/m0/s1. The van der Waals surface area contributed by atoms with Crippen molar-refractivity contribution in [3.8, 4) is 0 Å². The Hall–Kier alpha value is -1.53. The first-order chi connectivity index (χ1) is 9.38. The van der Waals surface area contributed by atoms with Gasteiger partial charge in [-0.3, -0.25) is 0 Å². The van der Waals surface area contributed by atoms with Gasteiger partial charge in [-0.15, -0.1) is 0 Å². The van der Waals surface area contributed by atoms with Crippen molar-refractivity contribution < 1.29 is 13.2 Å². The van der Waals surface area contributed by atoms with E-state index in [2.05, 4.69) is 4.98 Å². The van der Waals surface area contributed by atoms with E-state index in [9.17, 15) is 13.2 Å². The highest BCUT2D eigenvalue weighted by Gasteiger charge is 2.30. The normalized spacial score (nSPS) is 13.2. The van der Waals surface area contributed by atoms with Crippen LogP contribution < -0.4 is 5.73 Å². The molecule has 0 radical (unpaired) electrons. The Morgan fingerprint density at radius 2 is 1.85 bits per heavy atom. The molecule has 2 N–H and O–H groups in total. The van der Waals surface area contributed by atoms with Crippen LogP contribution >= 0.6 is 11.8 Å². The zero-order valence-electron chi connectivity index (χ0n) is 10.7. The van der Waals surface area contributed by atoms with Crippen molar-refractivity contribution in [2.45, 2.75) is 29.1 Å². The van der Waals surface area contributed by atoms with Gasteiger partial charge >= 0.3 is 6.18 Å². The SMILES string of the molecule is C[C@H](N)c1ccccc1Sc1ccc(C(F)(F)F)cn1. The van der Waals surface area contributed by atoms with Gasteiger partial charge in [0, 0.05) is 17.1 Å². The van der Waals surface area contributed by atoms with E-state index < -0.39 is 11.7 Å². The first-order valence-corrected chi connectivity index (χ1v) is 6.75. The molecule has 0 fully saturated rings. The molecule has 2 nitrogen and oxygen atoms in total. The van der Waals surface area contributed by atoms with Crippen molar-refractivity contribution >= 4 is 11.8 Å². The Bertz CT molecular complexity index is 580. The third-order valence-corrected chi connectivity index (χ3v) is 3.73. The summed E-state index contributed by atoms with van der Waals surface area (Å²) in [6.07, 6.45) is -3.52. The number of pyridine rings is 1. The zero-order chi connectivity index (χ0) is 14.8. The quantitative estimate of drug-likeness (QED) is 0.919. The Labute approximate surface area is 119 Å². The molecule has 0 saturated carbocycles. The fourth-order valence-electron chi connectivity index (χ4n) is 1.67. The molecule has 106 valence electrons. The van der Waals surface area contributed by atoms with Gasteiger partial charge in [-0.05, 0) is 30.7 Å². The number of aromatic nitrogens is 1. The van der Waals surface area contributed by atoms with Gasteiger partial charge < -0.3 is 5.73 Å². The van der Waals surface area contributed by atoms with E-state index in [0.29, 0.717) is 5.03 Å². The molecule has 0 aliphatic heterocycles. The number of nitrogens with two attached hydrogens (primary N) is 1. The lowest BCUT2D eigenvalue weighted by atomic mass is 10.1. The van der Waals surface area contributed by atoms with Crippen LogP contribution in [0.1, 0.15) is 24.1 Å². The van der Waals surface area contributed by atoms with Crippen LogP contribution in [0.2, 0.25) is 0 Å². The van der Waals surface area contributed by atoms with Crippen molar-refractivity contribution in [1.82, 2.24) is 4.98 Å². The number of rotatable bonds is 3. The molecule has 0 spiro atoms. The van der Waals surface area contributed by atoms with Crippen LogP contribution in [-0.2, 0) is 6.18 Å². The summed E-state index contributed by atoms with van der Waals surface area (Å²) < 4.78 is 37.4. The van der Waals surface area contributed by atoms with E-state index >= 15 is 0 Å². The monoisotopic (exact) mass is 298 g/mol. The predicted octanol–water partition coefficient (Wildman–Crippen LogP) is 4.27. The van der Waals surface area contributed by atoms with Gasteiger partial charge in [0.05, 0.1) is 5.56 Å². The molecule has 1 aromatic carbocycles. The van der Waals surface area contributed by atoms with Crippen molar-refractivity contribution in [2.24, 2.45) is 5.73 Å². The van der Waals surface area contributed by atoms with Crippen molar-refractivity contribution in [1.29, 1.82) is 0 Å². The molecule has 1 aromatic heterocycles. The first-order valence-electron chi connectivity index (χ1n) is 5.93. The fourth-order valence-corrected chi connectivity index (χ4v) is 2.66. The molecule has 0 unspecified atom stereocenters. The number of hydrogen-bond acceptors (Lipinski definition) is 3. The van der Waals surface area contributed by atoms with E-state index in [4.69, 9.17) is 5.73 Å². The van der Waals surface area contributed by atoms with Crippen molar-refractivity contribution in [3.05, 3.63) is 53.7 Å². The molecule has 0 aliphatic carbocycles. The smallest absolute Gasteiger partial charge is 0.324 e. The zero-order valence-corrected chi connectivity index (χ0v) is 11.5. The second-order valence-electron chi connectivity index (χ2n) is 4.31. The Morgan fingerprint density at radius 3 is 2.40 bits per heavy atom. The molecular weight excluding hydrogens is 285 g/mol. The molecule has 2 aromatic rings. The second-order valence-corrected chi connectivity index (χ2v) is 5.37. The number of halogens is 3. The maximum atomic E-state index is 12.5. The molecular formula is C14H13F3N2S. The molecule has 20 heavy (non-hydrogen) atoms. The summed E-state index contributed by atoms with van der Waals surface area (Å²) in [5.41, 5.74) is 6.06. The highest BCUT2D eigenvalue weighted by Crippen LogP contribution is 2.33. The summed E-state index contributed by atoms with van der Waals surface area (Å²) in [6.45, 7) is 1.86. The van der Waals surface area contributed by atoms with Crippen LogP contribution in [0.4, 0.5) is 13.2 Å². The van der Waals surface area contributed by atoms with Crippen LogP contribution in [0.25, 0.3) is 0 Å². The molecule has 1 heterocycles. The van der Waals surface area contributed by atoms with Gasteiger partial charge in [-0.1, -0.05) is 30.0 Å². The van der Waals surface area contributed by atoms with Gasteiger partial charge in [0.15, 0.2) is 0 Å². The summed E-state index contributed by atoms with van der Waals surface area (Å²) in [6, 6.07) is 9.77. The number of nitrogens with zero attached hydrogens (tertiary/aromatic N) is 1. The Balaban J connectivity index is 2.23. The highest BCUT2D eigenvalue weighted by atomic mass is 32.2. The number of benzene rings is 1. The molecule has 0 amide bonds. The molecule has 2 rings (SSSR count). The van der Waals surface area contributed by atoms with E-state index in [0.717, 1.165) is 22.7 Å². The summed E-state index contributed by atoms with van der Waals surface area (Å²) >= 11 is 1.30. The minimum absolute atomic E-state index is 0.145. The first kappa shape index (κ1) is 14.9. The lowest BCUT2D eigenvalue weighted by molar-refractivity contribution is -0.137. The third-order valence-electron chi connectivity index (χ3n) is 2.69. The Morgan fingerprint density at radius 1 is 1.15 bits per heavy atom. The Kier molecular flexibility index (Phi) is 4.35. The van der Waals surface area contributed by atoms with E-state index in [1.165, 1.54) is 17.8 Å². The number of alkyl halides is 3. The summed E-state index contributed by atoms with van der Waals surface area (Å²) in [5.74, 6) is 0. The van der Waals surface area contributed by atoms with Gasteiger partial charge in [0.2, 0.25) is 0 Å². The maximum absolute atomic E-state index is 12.5. The average molecular weight is 298 g/mol. The second kappa shape index (κ2) is 5.85. The molecule has 1 atom stereocenters. The predicted molar refractivity (Wildman–Crippen MR) is 72.4 cm³/mol. The number of hydrogen-bond donors (Lipinski definition) is 1. The third kappa shape index (κ3) is 3.52. The summed E-state index contributed by atoms with van der Waals surface area (Å²) in [7, 11) is 0. The molecule has 6 heteroatoms. The van der Waals surface area contributed by atoms with Crippen LogP contribution in [0.15, 0.2) is 52.5 Å². The lowest BCUT2D eigenvalue weighted by Gasteiger charge is -2.12. The lowest BCUT2D eigenvalue weighted by Crippen LogP contribution is -2.06. The van der Waals surface area contributed by atoms with E-state index in [-0.39, 0.29) is 6.04 Å². The van der Waals surface area contributed by atoms with Crippen LogP contribution in [0.3, 0.4) is 0 Å². The van der Waals surface area contributed by atoms with Crippen LogP contribution in [0, 0.1) is 0 Å². The van der Waals surface area contributed by atoms with Gasteiger partial charge in [0.25, 0.3) is 0 Å². The van der Waals surface area contributed by atoms with Crippen molar-refractivity contribution in [2.75, 3.05) is 0 Å². The largest absolute Gasteiger partial charge is 0.417 e. The fraction of sp³-hybridized carbons (Fsp3) is 0.214. The van der Waals surface area contributed by atoms with E-state index in [1.807, 2.05) is 31.2 Å². The van der Waals surface area contributed by atoms with Gasteiger partial charge in [-0.2, -0.15) is 13.2 Å². The highest BCUT2D eigenvalue weighted by molar-refractivity contribution is 7.99. The van der Waals surface area contributed by atoms with Gasteiger partial charge in [0.1, 0.15) is 5.03 Å². The van der Waals surface area contributed by atoms with Crippen molar-refractivity contribution in [3.63, 3.8) is 0 Å². The summed E-state index contributed by atoms with van der Waals surface area (Å²) in [5, 5.41) is 0.506. The van der Waals surface area contributed by atoms with Crippen LogP contribution in [0.5, 0.6) is 0 Å². The van der Waals surface area contributed by atoms with Gasteiger partial charge in [-0.25, -0.2) is 4.98 Å². The molecule has 0 saturated heterocycles. The van der Waals surface area contributed by atoms with Crippen LogP contribution in [-0.4, -0.2) is 4.98 Å². The van der Waals surface area contributed by atoms with E-state index in [1.54, 1.807) is 0 Å². The minimum Gasteiger partial charge on any atom is -0.324 e. The summed E-state index contributed by atoms with van der Waals surface area (Å²) in [4.78, 5) is 4.74. The molecule has 0 aliphatic rings. The topological polar surface area (TPSA) is 38.9 Å².